The normalized spacial score (nSPS) is 12.8. The van der Waals surface area contributed by atoms with E-state index in [-0.39, 0.29) is 11.9 Å². The van der Waals surface area contributed by atoms with E-state index in [0.29, 0.717) is 5.92 Å². The van der Waals surface area contributed by atoms with Crippen molar-refractivity contribution in [1.82, 2.24) is 9.97 Å². The van der Waals surface area contributed by atoms with Crippen molar-refractivity contribution >= 4 is 17.6 Å². The maximum Gasteiger partial charge on any atom is 0.134 e. The van der Waals surface area contributed by atoms with Crippen LogP contribution >= 0.6 is 11.8 Å². The van der Waals surface area contributed by atoms with Gasteiger partial charge in [0.05, 0.1) is 6.61 Å². The number of aliphatic hydroxyl groups is 1. The van der Waals surface area contributed by atoms with E-state index in [4.69, 9.17) is 5.11 Å². The van der Waals surface area contributed by atoms with E-state index >= 15 is 0 Å². The summed E-state index contributed by atoms with van der Waals surface area (Å²) in [6.45, 7) is 11.2. The van der Waals surface area contributed by atoms with Crippen LogP contribution in [0.15, 0.2) is 5.03 Å². The Kier molecular flexibility index (Phi) is 5.88. The highest BCUT2D eigenvalue weighted by molar-refractivity contribution is 7.99. The molecule has 0 aliphatic rings. The van der Waals surface area contributed by atoms with Gasteiger partial charge in [-0.05, 0) is 13.8 Å². The van der Waals surface area contributed by atoms with Crippen molar-refractivity contribution in [2.75, 3.05) is 18.5 Å². The van der Waals surface area contributed by atoms with Crippen LogP contribution in [0.3, 0.4) is 0 Å². The van der Waals surface area contributed by atoms with E-state index in [2.05, 4.69) is 36.1 Å². The molecule has 0 fully saturated rings. The number of nitrogens with zero attached hydrogens (tertiary/aromatic N) is 2. The Morgan fingerprint density at radius 3 is 2.44 bits per heavy atom. The Morgan fingerprint density at radius 2 is 1.94 bits per heavy atom. The van der Waals surface area contributed by atoms with Crippen LogP contribution in [0.25, 0.3) is 0 Å². The summed E-state index contributed by atoms with van der Waals surface area (Å²) in [5.41, 5.74) is 1.06. The smallest absolute Gasteiger partial charge is 0.134 e. The summed E-state index contributed by atoms with van der Waals surface area (Å²) in [6, 6.07) is 0. The zero-order chi connectivity index (χ0) is 13.7. The fraction of sp³-hybridized carbons (Fsp3) is 0.692. The minimum Gasteiger partial charge on any atom is -0.395 e. The molecule has 0 aromatic carbocycles. The molecule has 102 valence electrons. The summed E-state index contributed by atoms with van der Waals surface area (Å²) >= 11 is 1.60. The fourth-order valence-electron chi connectivity index (χ4n) is 1.45. The molecule has 4 nitrogen and oxygen atoms in total. The molecule has 1 rings (SSSR count). The van der Waals surface area contributed by atoms with E-state index in [1.807, 2.05) is 13.8 Å². The predicted octanol–water partition coefficient (Wildman–Crippen LogP) is 2.81. The summed E-state index contributed by atoms with van der Waals surface area (Å²) in [4.78, 5) is 9.16. The van der Waals surface area contributed by atoms with Crippen LogP contribution in [0.4, 0.5) is 5.82 Å². The maximum atomic E-state index is 9.16. The molecule has 0 amide bonds. The molecule has 0 spiro atoms. The molecule has 0 bridgehead atoms. The van der Waals surface area contributed by atoms with Crippen molar-refractivity contribution in [3.05, 3.63) is 11.4 Å². The Morgan fingerprint density at radius 1 is 1.28 bits per heavy atom. The lowest BCUT2D eigenvalue weighted by molar-refractivity contribution is 0.300. The number of hydrogen-bond acceptors (Lipinski definition) is 5. The number of rotatable bonds is 6. The molecule has 1 aromatic heterocycles. The molecular formula is C13H23N3OS. The average molecular weight is 269 g/mol. The van der Waals surface area contributed by atoms with Crippen LogP contribution in [0.5, 0.6) is 0 Å². The van der Waals surface area contributed by atoms with Crippen molar-refractivity contribution < 1.29 is 5.11 Å². The minimum atomic E-state index is 0.146. The van der Waals surface area contributed by atoms with Crippen LogP contribution in [-0.2, 0) is 0 Å². The van der Waals surface area contributed by atoms with E-state index in [0.717, 1.165) is 28.8 Å². The van der Waals surface area contributed by atoms with Gasteiger partial charge in [-0.1, -0.05) is 20.8 Å². The highest BCUT2D eigenvalue weighted by atomic mass is 32.2. The third-order valence-electron chi connectivity index (χ3n) is 2.55. The van der Waals surface area contributed by atoms with Crippen LogP contribution < -0.4 is 5.32 Å². The first-order valence-corrected chi connectivity index (χ1v) is 7.27. The quantitative estimate of drug-likeness (QED) is 0.614. The average Bonchev–Trinajstić information content (AvgIpc) is 2.33. The molecular weight excluding hydrogens is 246 g/mol. The Bertz CT molecular complexity index is 396. The third kappa shape index (κ3) is 3.85. The number of hydrogen-bond donors (Lipinski definition) is 2. The number of anilines is 1. The second-order valence-corrected chi connectivity index (χ2v) is 6.08. The molecule has 18 heavy (non-hydrogen) atoms. The second kappa shape index (κ2) is 6.95. The minimum absolute atomic E-state index is 0.146. The molecule has 1 heterocycles. The van der Waals surface area contributed by atoms with Gasteiger partial charge in [0.2, 0.25) is 0 Å². The Hall–Kier alpha value is -0.810. The molecule has 1 aromatic rings. The number of nitrogens with one attached hydrogen (secondary N) is 1. The Balaban J connectivity index is 3.13. The lowest BCUT2D eigenvalue weighted by Gasteiger charge is -2.16. The molecule has 5 heteroatoms. The standard InChI is InChI=1S/C13H23N3OS/c1-6-14-12-10(5)13(18-9(4)7-17)16-11(15-12)8(2)3/h8-9,17H,6-7H2,1-5H3,(H,14,15,16). The van der Waals surface area contributed by atoms with Crippen LogP contribution in [0.1, 0.15) is 45.0 Å². The fourth-order valence-corrected chi connectivity index (χ4v) is 2.33. The van der Waals surface area contributed by atoms with Gasteiger partial charge in [0.15, 0.2) is 0 Å². The molecule has 2 N–H and O–H groups in total. The zero-order valence-corrected chi connectivity index (χ0v) is 12.6. The topological polar surface area (TPSA) is 58.0 Å². The lowest BCUT2D eigenvalue weighted by atomic mass is 10.2. The van der Waals surface area contributed by atoms with Gasteiger partial charge >= 0.3 is 0 Å². The highest BCUT2D eigenvalue weighted by Crippen LogP contribution is 2.29. The number of thioether (sulfide) groups is 1. The van der Waals surface area contributed by atoms with Gasteiger partial charge in [0.25, 0.3) is 0 Å². The molecule has 0 aliphatic heterocycles. The van der Waals surface area contributed by atoms with Crippen molar-refractivity contribution in [3.63, 3.8) is 0 Å². The van der Waals surface area contributed by atoms with Gasteiger partial charge < -0.3 is 10.4 Å². The zero-order valence-electron chi connectivity index (χ0n) is 11.8. The van der Waals surface area contributed by atoms with Crippen LogP contribution in [0.2, 0.25) is 0 Å². The van der Waals surface area contributed by atoms with Gasteiger partial charge in [-0.2, -0.15) is 0 Å². The summed E-state index contributed by atoms with van der Waals surface area (Å²) in [6.07, 6.45) is 0. The highest BCUT2D eigenvalue weighted by Gasteiger charge is 2.15. The van der Waals surface area contributed by atoms with E-state index in [1.54, 1.807) is 11.8 Å². The van der Waals surface area contributed by atoms with E-state index < -0.39 is 0 Å². The van der Waals surface area contributed by atoms with Gasteiger partial charge in [-0.15, -0.1) is 11.8 Å². The molecule has 1 unspecified atom stereocenters. The molecule has 0 radical (unpaired) electrons. The predicted molar refractivity (Wildman–Crippen MR) is 77.4 cm³/mol. The molecule has 0 aliphatic carbocycles. The van der Waals surface area contributed by atoms with Gasteiger partial charge in [-0.25, -0.2) is 9.97 Å². The molecule has 0 saturated heterocycles. The first-order chi connectivity index (χ1) is 8.49. The summed E-state index contributed by atoms with van der Waals surface area (Å²) in [5, 5.41) is 13.5. The van der Waals surface area contributed by atoms with Gasteiger partial charge in [0.1, 0.15) is 16.7 Å². The van der Waals surface area contributed by atoms with Crippen LogP contribution in [-0.4, -0.2) is 33.5 Å². The molecule has 1 atom stereocenters. The van der Waals surface area contributed by atoms with Crippen LogP contribution in [0, 0.1) is 6.92 Å². The Labute approximate surface area is 114 Å². The largest absolute Gasteiger partial charge is 0.395 e. The van der Waals surface area contributed by atoms with Gasteiger partial charge in [-0.3, -0.25) is 0 Å². The second-order valence-electron chi connectivity index (χ2n) is 4.66. The van der Waals surface area contributed by atoms with E-state index in [9.17, 15) is 0 Å². The van der Waals surface area contributed by atoms with Crippen molar-refractivity contribution in [2.24, 2.45) is 0 Å². The monoisotopic (exact) mass is 269 g/mol. The first kappa shape index (κ1) is 15.2. The van der Waals surface area contributed by atoms with Gasteiger partial charge in [0, 0.05) is 23.3 Å². The number of aliphatic hydroxyl groups excluding tert-OH is 1. The summed E-state index contributed by atoms with van der Waals surface area (Å²) in [7, 11) is 0. The first-order valence-electron chi connectivity index (χ1n) is 6.39. The van der Waals surface area contributed by atoms with Crippen molar-refractivity contribution in [3.8, 4) is 0 Å². The third-order valence-corrected chi connectivity index (χ3v) is 3.72. The summed E-state index contributed by atoms with van der Waals surface area (Å²) < 4.78 is 0. The molecule has 0 saturated carbocycles. The maximum absolute atomic E-state index is 9.16. The van der Waals surface area contributed by atoms with Crippen molar-refractivity contribution in [2.45, 2.75) is 50.8 Å². The van der Waals surface area contributed by atoms with Crippen molar-refractivity contribution in [1.29, 1.82) is 0 Å². The SMILES string of the molecule is CCNc1nc(C(C)C)nc(SC(C)CO)c1C. The summed E-state index contributed by atoms with van der Waals surface area (Å²) in [5.74, 6) is 2.06. The number of aromatic nitrogens is 2. The lowest BCUT2D eigenvalue weighted by Crippen LogP contribution is -2.10. The van der Waals surface area contributed by atoms with E-state index in [1.165, 1.54) is 0 Å².